The lowest BCUT2D eigenvalue weighted by Gasteiger charge is -2.31. The monoisotopic (exact) mass is 1040 g/mol. The number of hydrogen-bond donors (Lipinski definition) is 5. The minimum absolute atomic E-state index is 0. The summed E-state index contributed by atoms with van der Waals surface area (Å²) in [5.74, 6) is 8.15. The molecule has 1 aromatic carbocycles. The fourth-order valence-corrected chi connectivity index (χ4v) is 14.2. The number of ether oxygens (including phenoxy) is 1. The lowest BCUT2D eigenvalue weighted by atomic mass is 9.93. The van der Waals surface area contributed by atoms with Crippen LogP contribution in [0.25, 0.3) is 33.1 Å². The van der Waals surface area contributed by atoms with Gasteiger partial charge in [-0.05, 0) is 109 Å². The van der Waals surface area contributed by atoms with E-state index in [4.69, 9.17) is 9.84 Å². The molecule has 6 aliphatic rings. The first-order valence-corrected chi connectivity index (χ1v) is 26.5. The Balaban J connectivity index is 0.000000130. The Bertz CT molecular complexity index is 3060. The quantitative estimate of drug-likeness (QED) is 0.103. The minimum Gasteiger partial charge on any atom is -0.445 e. The van der Waals surface area contributed by atoms with Crippen LogP contribution in [0.1, 0.15) is 45.6 Å². The van der Waals surface area contributed by atoms with Crippen LogP contribution in [-0.2, 0) is 16.1 Å². The van der Waals surface area contributed by atoms with Gasteiger partial charge < -0.3 is 54.6 Å². The molecule has 75 heavy (non-hydrogen) atoms. The highest BCUT2D eigenvalue weighted by atomic mass is 35.5. The Hall–Kier alpha value is -6.57. The molecule has 12 atom stereocenters. The summed E-state index contributed by atoms with van der Waals surface area (Å²) in [5, 5.41) is 15.8. The maximum atomic E-state index is 12.6. The van der Waals surface area contributed by atoms with E-state index in [1.54, 1.807) is 19.0 Å². The molecule has 6 fully saturated rings. The molecule has 3 saturated carbocycles. The number of aliphatic hydroxyl groups is 1. The third-order valence-corrected chi connectivity index (χ3v) is 18.3. The molecule has 5 N–H and O–H groups in total. The van der Waals surface area contributed by atoms with Crippen molar-refractivity contribution in [3.63, 3.8) is 0 Å². The largest absolute Gasteiger partial charge is 0.445 e. The van der Waals surface area contributed by atoms with E-state index in [-0.39, 0.29) is 31.0 Å². The van der Waals surface area contributed by atoms with Gasteiger partial charge in [-0.1, -0.05) is 51.1 Å². The predicted octanol–water partition coefficient (Wildman–Crippen LogP) is 6.62. The number of amides is 2. The van der Waals surface area contributed by atoms with Crippen molar-refractivity contribution in [3.05, 3.63) is 91.7 Å². The summed E-state index contributed by atoms with van der Waals surface area (Å²) < 4.78 is 5.55. The van der Waals surface area contributed by atoms with Gasteiger partial charge >= 0.3 is 6.09 Å². The van der Waals surface area contributed by atoms with Crippen molar-refractivity contribution in [1.82, 2.24) is 60.0 Å². The van der Waals surface area contributed by atoms with Gasteiger partial charge in [-0.3, -0.25) is 4.79 Å². The van der Waals surface area contributed by atoms with Crippen molar-refractivity contribution < 1.29 is 19.4 Å². The van der Waals surface area contributed by atoms with E-state index >= 15 is 0 Å². The number of aromatic amines is 3. The molecule has 19 nitrogen and oxygen atoms in total. The number of carbonyl (C=O) groups excluding carboxylic acids is 2. The SMILES string of the molecule is C[C@@H]1[C@H]2CN(C(=O)CO)C[C@H]2C[C@@H]1N(C)c1ncnc2[nH]ccc12.C[C@@H]1[C@H]2CN(C(=O)OCc3ccccc3)C[C@H]2C[C@@H]1N(C)c1ncnc2[nH]ccc12.C[C@@H]1[C@H]2CNC[C@H]2C[C@@H]1N(C)c1ncnc2[nH]ccc12.Cl. The third-order valence-electron chi connectivity index (χ3n) is 18.3. The highest BCUT2D eigenvalue weighted by molar-refractivity contribution is 5.89. The van der Waals surface area contributed by atoms with Gasteiger partial charge in [0.05, 0.1) is 16.2 Å². The molecular formula is C55H72ClN15O4. The number of nitrogens with one attached hydrogen (secondary N) is 4. The average Bonchev–Trinajstić information content (AvgIpc) is 4.30. The third kappa shape index (κ3) is 9.94. The van der Waals surface area contributed by atoms with Gasteiger partial charge in [0.15, 0.2) is 0 Å². The number of likely N-dealkylation sites (tertiary alicyclic amines) is 2. The molecule has 0 bridgehead atoms. The lowest BCUT2D eigenvalue weighted by molar-refractivity contribution is -0.133. The van der Waals surface area contributed by atoms with Gasteiger partial charge in [-0.2, -0.15) is 0 Å². The summed E-state index contributed by atoms with van der Waals surface area (Å²) in [7, 11) is 6.42. The van der Waals surface area contributed by atoms with Crippen LogP contribution in [0.15, 0.2) is 86.1 Å². The predicted molar refractivity (Wildman–Crippen MR) is 293 cm³/mol. The molecule has 3 saturated heterocycles. The number of fused-ring (bicyclic) bond motifs is 6. The van der Waals surface area contributed by atoms with Crippen LogP contribution in [0.4, 0.5) is 22.2 Å². The number of halogens is 1. The molecule has 0 unspecified atom stereocenters. The number of H-pyrrole nitrogens is 3. The van der Waals surface area contributed by atoms with Crippen LogP contribution in [0.2, 0.25) is 0 Å². The number of aliphatic hydroxyl groups excluding tert-OH is 1. The van der Waals surface area contributed by atoms with Crippen LogP contribution in [0, 0.1) is 53.3 Å². The second-order valence-electron chi connectivity index (χ2n) is 22.0. The summed E-state index contributed by atoms with van der Waals surface area (Å²) in [4.78, 5) is 70.9. The first-order valence-electron chi connectivity index (χ1n) is 26.5. The van der Waals surface area contributed by atoms with E-state index in [2.05, 4.69) is 113 Å². The molecule has 3 aliphatic carbocycles. The van der Waals surface area contributed by atoms with E-state index < -0.39 is 0 Å². The summed E-state index contributed by atoms with van der Waals surface area (Å²) in [6.45, 7) is 12.4. The number of rotatable bonds is 9. The van der Waals surface area contributed by atoms with Gasteiger partial charge in [-0.25, -0.2) is 34.7 Å². The molecule has 0 radical (unpaired) electrons. The number of benzene rings is 1. The van der Waals surface area contributed by atoms with E-state index in [0.717, 1.165) is 107 Å². The minimum atomic E-state index is -0.385. The first-order chi connectivity index (χ1) is 36.0. The Morgan fingerprint density at radius 3 is 1.48 bits per heavy atom. The molecule has 9 heterocycles. The number of aromatic nitrogens is 9. The maximum absolute atomic E-state index is 12.6. The van der Waals surface area contributed by atoms with Crippen LogP contribution < -0.4 is 20.0 Å². The number of nitrogens with zero attached hydrogens (tertiary/aromatic N) is 11. The Morgan fingerprint density at radius 1 is 0.587 bits per heavy atom. The Labute approximate surface area is 444 Å². The molecule has 7 aromatic rings. The molecule has 6 aromatic heterocycles. The highest BCUT2D eigenvalue weighted by Gasteiger charge is 2.50. The zero-order valence-corrected chi connectivity index (χ0v) is 44.6. The molecular weight excluding hydrogens is 970 g/mol. The smallest absolute Gasteiger partial charge is 0.410 e. The van der Waals surface area contributed by atoms with Crippen molar-refractivity contribution in [1.29, 1.82) is 0 Å². The van der Waals surface area contributed by atoms with Gasteiger partial charge in [0.1, 0.15) is 66.6 Å². The van der Waals surface area contributed by atoms with Crippen molar-refractivity contribution in [2.24, 2.45) is 53.3 Å². The van der Waals surface area contributed by atoms with E-state index in [9.17, 15) is 9.59 Å². The second-order valence-corrected chi connectivity index (χ2v) is 22.0. The van der Waals surface area contributed by atoms with E-state index in [1.165, 1.54) is 19.5 Å². The second kappa shape index (κ2) is 22.0. The van der Waals surface area contributed by atoms with Crippen LogP contribution in [-0.4, -0.2) is 157 Å². The Morgan fingerprint density at radius 2 is 1.03 bits per heavy atom. The van der Waals surface area contributed by atoms with Crippen LogP contribution >= 0.6 is 12.4 Å². The molecule has 2 amide bonds. The van der Waals surface area contributed by atoms with Crippen molar-refractivity contribution >= 4 is 75.0 Å². The average molecular weight is 1040 g/mol. The zero-order valence-electron chi connectivity index (χ0n) is 43.8. The van der Waals surface area contributed by atoms with Crippen LogP contribution in [0.3, 0.4) is 0 Å². The lowest BCUT2D eigenvalue weighted by Crippen LogP contribution is -2.39. The first kappa shape index (κ1) is 51.9. The van der Waals surface area contributed by atoms with Crippen LogP contribution in [0.5, 0.6) is 0 Å². The number of carbonyl (C=O) groups is 2. The zero-order chi connectivity index (χ0) is 51.2. The summed E-state index contributed by atoms with van der Waals surface area (Å²) >= 11 is 0. The van der Waals surface area contributed by atoms with Gasteiger partial charge in [0, 0.05) is 84.0 Å². The number of hydrogen-bond acceptors (Lipinski definition) is 14. The maximum Gasteiger partial charge on any atom is 0.410 e. The van der Waals surface area contributed by atoms with E-state index in [0.29, 0.717) is 66.2 Å². The fraction of sp³-hybridized carbons (Fsp3) is 0.527. The number of anilines is 3. The van der Waals surface area contributed by atoms with Gasteiger partial charge in [-0.15, -0.1) is 12.4 Å². The van der Waals surface area contributed by atoms with Crippen molar-refractivity contribution in [2.75, 3.05) is 81.7 Å². The van der Waals surface area contributed by atoms with Gasteiger partial charge in [0.2, 0.25) is 5.91 Å². The fourth-order valence-electron chi connectivity index (χ4n) is 14.2. The van der Waals surface area contributed by atoms with Crippen molar-refractivity contribution in [2.45, 2.75) is 64.8 Å². The normalized spacial score (nSPS) is 28.3. The molecule has 3 aliphatic heterocycles. The summed E-state index contributed by atoms with van der Waals surface area (Å²) in [6.07, 6.45) is 13.8. The standard InChI is InChI=1S/C23H27N5O2.C17H23N5O2.C15H21N5.ClH/c1-15-19-12-28(23(29)30-13-16-6-4-3-5-7-16)11-17(19)10-20(15)27(2)22-18-8-9-24-21(18)25-14-26-22;1-10-13-7-22(15(24)8-23)6-11(13)5-14(10)21(2)17-12-3-4-18-16(12)19-9-20-17;1-9-12-7-16-6-10(12)5-13(9)20(2)15-11-3-4-17-14(11)18-8-19-15;/h3-9,14-15,17,19-20H,10-13H2,1-2H3,(H,24,25,26);3-4,9-11,13-14,23H,5-8H2,1-2H3,(H,18,19,20);3-4,8-10,12-13,16H,5-7H2,1-2H3,(H,17,18,19);1H/t15-,17-,19-,20+;10-,11-,13-,14+;9-,10-,12-,13+;/m111./s1. The van der Waals surface area contributed by atoms with Crippen molar-refractivity contribution in [3.8, 4) is 0 Å². The van der Waals surface area contributed by atoms with Gasteiger partial charge in [0.25, 0.3) is 0 Å². The topological polar surface area (TPSA) is 217 Å². The molecule has 398 valence electrons. The summed E-state index contributed by atoms with van der Waals surface area (Å²) in [5.41, 5.74) is 3.66. The highest BCUT2D eigenvalue weighted by Crippen LogP contribution is 2.47. The molecule has 20 heteroatoms. The molecule has 0 spiro atoms. The Kier molecular flexibility index (Phi) is 15.2. The molecule has 13 rings (SSSR count). The summed E-state index contributed by atoms with van der Waals surface area (Å²) in [6, 6.07) is 17.3. The van der Waals surface area contributed by atoms with E-state index in [1.807, 2.05) is 70.9 Å².